The predicted molar refractivity (Wildman–Crippen MR) is 80.4 cm³/mol. The summed E-state index contributed by atoms with van der Waals surface area (Å²) in [5.41, 5.74) is 4.88. The summed E-state index contributed by atoms with van der Waals surface area (Å²) in [6.45, 7) is 5.06. The lowest BCUT2D eigenvalue weighted by Crippen LogP contribution is -2.40. The van der Waals surface area contributed by atoms with Gasteiger partial charge in [-0.15, -0.1) is 0 Å². The SMILES string of the molecule is CCCC(C)(O)CNS(=O)(=O)c1ccc(C)c(C(N)=O)c1. The van der Waals surface area contributed by atoms with Crippen molar-refractivity contribution < 1.29 is 18.3 Å². The molecule has 0 aromatic heterocycles. The van der Waals surface area contributed by atoms with E-state index in [2.05, 4.69) is 4.72 Å². The van der Waals surface area contributed by atoms with Crippen molar-refractivity contribution in [3.05, 3.63) is 29.3 Å². The first kappa shape index (κ1) is 17.6. The normalized spacial score (nSPS) is 14.7. The number of primary amides is 1. The Hall–Kier alpha value is -1.44. The molecule has 118 valence electrons. The van der Waals surface area contributed by atoms with E-state index in [1.54, 1.807) is 13.8 Å². The largest absolute Gasteiger partial charge is 0.389 e. The van der Waals surface area contributed by atoms with Crippen molar-refractivity contribution >= 4 is 15.9 Å². The summed E-state index contributed by atoms with van der Waals surface area (Å²) in [6, 6.07) is 4.17. The first-order valence-electron chi connectivity index (χ1n) is 6.71. The molecule has 1 atom stereocenters. The summed E-state index contributed by atoms with van der Waals surface area (Å²) in [7, 11) is -3.80. The molecular formula is C14H22N2O4S. The number of nitrogens with one attached hydrogen (secondary N) is 1. The summed E-state index contributed by atoms with van der Waals surface area (Å²) >= 11 is 0. The van der Waals surface area contributed by atoms with Crippen LogP contribution in [0.2, 0.25) is 0 Å². The second kappa shape index (κ2) is 6.55. The van der Waals surface area contributed by atoms with Crippen molar-refractivity contribution in [2.24, 2.45) is 5.73 Å². The second-order valence-corrected chi connectivity index (χ2v) is 7.18. The Morgan fingerprint density at radius 1 is 1.43 bits per heavy atom. The highest BCUT2D eigenvalue weighted by atomic mass is 32.2. The molecule has 0 aliphatic carbocycles. The molecule has 0 aliphatic heterocycles. The van der Waals surface area contributed by atoms with Gasteiger partial charge in [0.2, 0.25) is 15.9 Å². The van der Waals surface area contributed by atoms with Gasteiger partial charge in [-0.3, -0.25) is 4.79 Å². The van der Waals surface area contributed by atoms with Crippen LogP contribution in [0.1, 0.15) is 42.6 Å². The maximum absolute atomic E-state index is 12.2. The Morgan fingerprint density at radius 3 is 2.57 bits per heavy atom. The van der Waals surface area contributed by atoms with Crippen LogP contribution in [0.3, 0.4) is 0 Å². The molecule has 6 nitrogen and oxygen atoms in total. The Kier molecular flexibility index (Phi) is 5.49. The number of hydrogen-bond donors (Lipinski definition) is 3. The Labute approximate surface area is 125 Å². The van der Waals surface area contributed by atoms with Crippen LogP contribution in [-0.4, -0.2) is 31.6 Å². The van der Waals surface area contributed by atoms with E-state index in [1.165, 1.54) is 18.2 Å². The van der Waals surface area contributed by atoms with Gasteiger partial charge in [0.05, 0.1) is 10.5 Å². The number of benzene rings is 1. The first-order chi connectivity index (χ1) is 9.59. The lowest BCUT2D eigenvalue weighted by molar-refractivity contribution is 0.0554. The Balaban J connectivity index is 2.99. The number of aliphatic hydroxyl groups is 1. The predicted octanol–water partition coefficient (Wildman–Crippen LogP) is 0.923. The van der Waals surface area contributed by atoms with Crippen LogP contribution in [0.5, 0.6) is 0 Å². The molecule has 0 fully saturated rings. The Morgan fingerprint density at radius 2 is 2.05 bits per heavy atom. The fourth-order valence-corrected chi connectivity index (χ4v) is 3.18. The van der Waals surface area contributed by atoms with Crippen LogP contribution in [0.25, 0.3) is 0 Å². The van der Waals surface area contributed by atoms with Gasteiger partial charge in [0.1, 0.15) is 0 Å². The lowest BCUT2D eigenvalue weighted by atomic mass is 10.0. The van der Waals surface area contributed by atoms with E-state index in [9.17, 15) is 18.3 Å². The molecular weight excluding hydrogens is 292 g/mol. The van der Waals surface area contributed by atoms with Crippen molar-refractivity contribution in [1.29, 1.82) is 0 Å². The molecule has 1 aromatic rings. The van der Waals surface area contributed by atoms with Crippen LogP contribution < -0.4 is 10.5 Å². The molecule has 0 aliphatic rings. The molecule has 1 unspecified atom stereocenters. The molecule has 0 heterocycles. The number of aryl methyl sites for hydroxylation is 1. The Bertz CT molecular complexity index is 624. The number of carbonyl (C=O) groups excluding carboxylic acids is 1. The highest BCUT2D eigenvalue weighted by Gasteiger charge is 2.24. The average Bonchev–Trinajstić information content (AvgIpc) is 2.36. The maximum Gasteiger partial charge on any atom is 0.249 e. The molecule has 4 N–H and O–H groups in total. The molecule has 0 bridgehead atoms. The van der Waals surface area contributed by atoms with Gasteiger partial charge >= 0.3 is 0 Å². The third-order valence-corrected chi connectivity index (χ3v) is 4.62. The summed E-state index contributed by atoms with van der Waals surface area (Å²) in [6.07, 6.45) is 1.22. The van der Waals surface area contributed by atoms with Gasteiger partial charge in [0.25, 0.3) is 0 Å². The number of carbonyl (C=O) groups is 1. The number of amides is 1. The van der Waals surface area contributed by atoms with Crippen LogP contribution in [0, 0.1) is 6.92 Å². The minimum atomic E-state index is -3.80. The average molecular weight is 314 g/mol. The number of hydrogen-bond acceptors (Lipinski definition) is 4. The molecule has 0 spiro atoms. The zero-order chi connectivity index (χ0) is 16.3. The summed E-state index contributed by atoms with van der Waals surface area (Å²) < 4.78 is 26.7. The fraction of sp³-hybridized carbons (Fsp3) is 0.500. The van der Waals surface area contributed by atoms with Crippen LogP contribution in [0.15, 0.2) is 23.1 Å². The van der Waals surface area contributed by atoms with E-state index < -0.39 is 21.5 Å². The van der Waals surface area contributed by atoms with Gasteiger partial charge in [-0.05, 0) is 38.0 Å². The zero-order valence-electron chi connectivity index (χ0n) is 12.5. The molecule has 21 heavy (non-hydrogen) atoms. The number of rotatable bonds is 7. The summed E-state index contributed by atoms with van der Waals surface area (Å²) in [5, 5.41) is 10.0. The summed E-state index contributed by atoms with van der Waals surface area (Å²) in [5.74, 6) is -0.678. The third-order valence-electron chi connectivity index (χ3n) is 3.22. The minimum Gasteiger partial charge on any atom is -0.389 e. The van der Waals surface area contributed by atoms with E-state index in [1.807, 2.05) is 6.92 Å². The van der Waals surface area contributed by atoms with Crippen LogP contribution in [0.4, 0.5) is 0 Å². The van der Waals surface area contributed by atoms with E-state index in [-0.39, 0.29) is 17.0 Å². The smallest absolute Gasteiger partial charge is 0.249 e. The molecule has 0 saturated heterocycles. The topological polar surface area (TPSA) is 109 Å². The van der Waals surface area contributed by atoms with E-state index >= 15 is 0 Å². The van der Waals surface area contributed by atoms with Crippen LogP contribution in [-0.2, 0) is 10.0 Å². The number of sulfonamides is 1. The standard InChI is InChI=1S/C14H22N2O4S/c1-4-7-14(3,18)9-16-21(19,20)11-6-5-10(2)12(8-11)13(15)17/h5-6,8,16,18H,4,7,9H2,1-3H3,(H2,15,17). The molecule has 0 radical (unpaired) electrons. The molecule has 1 rings (SSSR count). The molecule has 0 saturated carbocycles. The van der Waals surface area contributed by atoms with Crippen molar-refractivity contribution in [2.75, 3.05) is 6.54 Å². The van der Waals surface area contributed by atoms with Crippen molar-refractivity contribution in [2.45, 2.75) is 44.1 Å². The van der Waals surface area contributed by atoms with Crippen molar-refractivity contribution in [3.8, 4) is 0 Å². The first-order valence-corrected chi connectivity index (χ1v) is 8.20. The summed E-state index contributed by atoms with van der Waals surface area (Å²) in [4.78, 5) is 11.2. The fourth-order valence-electron chi connectivity index (χ4n) is 1.99. The highest BCUT2D eigenvalue weighted by Crippen LogP contribution is 2.17. The van der Waals surface area contributed by atoms with Gasteiger partial charge < -0.3 is 10.8 Å². The van der Waals surface area contributed by atoms with Crippen LogP contribution >= 0.6 is 0 Å². The van der Waals surface area contributed by atoms with E-state index in [0.717, 1.165) is 6.42 Å². The van der Waals surface area contributed by atoms with E-state index in [4.69, 9.17) is 5.73 Å². The van der Waals surface area contributed by atoms with Gasteiger partial charge in [-0.25, -0.2) is 13.1 Å². The lowest BCUT2D eigenvalue weighted by Gasteiger charge is -2.23. The minimum absolute atomic E-state index is 0.0470. The molecule has 7 heteroatoms. The van der Waals surface area contributed by atoms with Gasteiger partial charge in [0, 0.05) is 12.1 Å². The monoisotopic (exact) mass is 314 g/mol. The highest BCUT2D eigenvalue weighted by molar-refractivity contribution is 7.89. The van der Waals surface area contributed by atoms with E-state index in [0.29, 0.717) is 12.0 Å². The third kappa shape index (κ3) is 4.80. The van der Waals surface area contributed by atoms with Gasteiger partial charge in [0.15, 0.2) is 0 Å². The van der Waals surface area contributed by atoms with Gasteiger partial charge in [-0.1, -0.05) is 19.4 Å². The van der Waals surface area contributed by atoms with Crippen molar-refractivity contribution in [1.82, 2.24) is 4.72 Å². The maximum atomic E-state index is 12.2. The quantitative estimate of drug-likeness (QED) is 0.695. The number of nitrogens with two attached hydrogens (primary N) is 1. The second-order valence-electron chi connectivity index (χ2n) is 5.41. The van der Waals surface area contributed by atoms with Gasteiger partial charge in [-0.2, -0.15) is 0 Å². The van der Waals surface area contributed by atoms with Crippen molar-refractivity contribution in [3.63, 3.8) is 0 Å². The zero-order valence-corrected chi connectivity index (χ0v) is 13.3. The molecule has 1 amide bonds. The molecule has 1 aromatic carbocycles.